The summed E-state index contributed by atoms with van der Waals surface area (Å²) >= 11 is 0. The first-order valence-electron chi connectivity index (χ1n) is 16.9. The molecule has 1 spiro atoms. The maximum Gasteiger partial charge on any atom is 0.340 e. The highest BCUT2D eigenvalue weighted by atomic mass is 16.6. The Hall–Kier alpha value is -4.14. The third-order valence-corrected chi connectivity index (χ3v) is 11.2. The predicted molar refractivity (Wildman–Crippen MR) is 181 cm³/mol. The lowest BCUT2D eigenvalue weighted by atomic mass is 9.59. The van der Waals surface area contributed by atoms with E-state index in [4.69, 9.17) is 19.6 Å². The van der Waals surface area contributed by atoms with Crippen LogP contribution in [-0.2, 0) is 27.8 Å². The maximum absolute atomic E-state index is 13.6. The third-order valence-electron chi connectivity index (χ3n) is 11.2. The minimum atomic E-state index is -1.08. The molecule has 0 radical (unpaired) electrons. The summed E-state index contributed by atoms with van der Waals surface area (Å²) in [6, 6.07) is 14.1. The van der Waals surface area contributed by atoms with Crippen LogP contribution in [-0.4, -0.2) is 35.1 Å². The summed E-state index contributed by atoms with van der Waals surface area (Å²) in [5.74, 6) is -0.0982. The Labute approximate surface area is 275 Å². The molecule has 1 saturated carbocycles. The second-order valence-electron chi connectivity index (χ2n) is 14.0. The number of aliphatic hydroxyl groups excluding tert-OH is 1. The van der Waals surface area contributed by atoms with Crippen LogP contribution in [0.3, 0.4) is 0 Å². The molecule has 4 aliphatic rings. The zero-order valence-electron chi connectivity index (χ0n) is 27.4. The van der Waals surface area contributed by atoms with Crippen LogP contribution >= 0.6 is 0 Å². The number of nitrogens with one attached hydrogen (secondary N) is 1. The second-order valence-corrected chi connectivity index (χ2v) is 14.0. The smallest absolute Gasteiger partial charge is 0.340 e. The molecule has 7 rings (SSSR count). The van der Waals surface area contributed by atoms with Gasteiger partial charge in [-0.2, -0.15) is 0 Å². The van der Waals surface area contributed by atoms with Crippen LogP contribution < -0.4 is 21.4 Å². The van der Waals surface area contributed by atoms with Crippen LogP contribution in [0.2, 0.25) is 0 Å². The molecule has 0 saturated heterocycles. The Morgan fingerprint density at radius 3 is 2.64 bits per heavy atom. The van der Waals surface area contributed by atoms with Gasteiger partial charge in [0.2, 0.25) is 0 Å². The molecule has 47 heavy (non-hydrogen) atoms. The SMILES string of the molecule is C/C=C(\C)C(=O)O[C@@]1(C)Cc2ccccc2[C@@H](C2=CNC(N)C=C2)[C@]12Cc1cc3cc(C4(CCO)CCCCC4)c(=O)oc3cc1O2. The summed E-state index contributed by atoms with van der Waals surface area (Å²) in [5.41, 5.74) is 9.05. The molecule has 1 fully saturated rings. The molecule has 0 bridgehead atoms. The Bertz CT molecular complexity index is 1880. The summed E-state index contributed by atoms with van der Waals surface area (Å²) in [4.78, 5) is 27.1. The topological polar surface area (TPSA) is 124 Å². The van der Waals surface area contributed by atoms with Gasteiger partial charge < -0.3 is 30.0 Å². The van der Waals surface area contributed by atoms with Crippen LogP contribution in [0.4, 0.5) is 0 Å². The molecule has 1 unspecified atom stereocenters. The fourth-order valence-electron chi connectivity index (χ4n) is 8.58. The normalized spacial score (nSPS) is 27.9. The van der Waals surface area contributed by atoms with E-state index in [2.05, 4.69) is 23.5 Å². The molecule has 3 heterocycles. The van der Waals surface area contributed by atoms with Crippen molar-refractivity contribution in [3.8, 4) is 5.75 Å². The van der Waals surface area contributed by atoms with Crippen LogP contribution in [0, 0.1) is 0 Å². The van der Waals surface area contributed by atoms with Gasteiger partial charge in [0.1, 0.15) is 11.3 Å². The molecule has 4 N–H and O–H groups in total. The number of rotatable bonds is 6. The van der Waals surface area contributed by atoms with Gasteiger partial charge in [-0.25, -0.2) is 9.59 Å². The van der Waals surface area contributed by atoms with Crippen molar-refractivity contribution in [3.63, 3.8) is 0 Å². The number of hydrogen-bond acceptors (Lipinski definition) is 8. The number of fused-ring (bicyclic) bond motifs is 3. The lowest BCUT2D eigenvalue weighted by Gasteiger charge is -2.53. The van der Waals surface area contributed by atoms with E-state index in [0.717, 1.165) is 59.8 Å². The van der Waals surface area contributed by atoms with E-state index >= 15 is 0 Å². The van der Waals surface area contributed by atoms with Crippen LogP contribution in [0.1, 0.15) is 87.5 Å². The summed E-state index contributed by atoms with van der Waals surface area (Å²) in [7, 11) is 0. The summed E-state index contributed by atoms with van der Waals surface area (Å²) in [5, 5.41) is 14.1. The first-order valence-corrected chi connectivity index (χ1v) is 16.9. The lowest BCUT2D eigenvalue weighted by molar-refractivity contribution is -0.184. The number of carbonyl (C=O) groups is 1. The standard InChI is InChI=1S/C39H44N2O6/c1-4-24(2)35(43)47-37(3)21-25-10-6-7-11-29(25)34(26-12-13-33(40)41-23-26)39(37)22-28-18-27-19-30(36(44)45-31(27)20-32(28)46-39)38(16-17-42)14-8-5-9-15-38/h4,6-7,10-13,18-20,23,33-34,41-42H,5,8-9,14-17,21-22,40H2,1-3H3/b24-4+/t33?,34-,37+,39-/m1/s1. The molecule has 2 aliphatic carbocycles. The highest BCUT2D eigenvalue weighted by Crippen LogP contribution is 2.58. The number of ether oxygens (including phenoxy) is 2. The van der Waals surface area contributed by atoms with Gasteiger partial charge in [0.15, 0.2) is 11.2 Å². The molecule has 0 amide bonds. The van der Waals surface area contributed by atoms with Gasteiger partial charge in [0.05, 0.1) is 12.1 Å². The number of benzene rings is 2. The van der Waals surface area contributed by atoms with E-state index in [1.165, 1.54) is 0 Å². The van der Waals surface area contributed by atoms with Gasteiger partial charge in [-0.05, 0) is 80.5 Å². The van der Waals surface area contributed by atoms with Crippen LogP contribution in [0.5, 0.6) is 5.75 Å². The molecule has 2 aliphatic heterocycles. The van der Waals surface area contributed by atoms with E-state index in [-0.39, 0.29) is 35.7 Å². The van der Waals surface area contributed by atoms with Crippen molar-refractivity contribution in [2.45, 2.75) is 101 Å². The molecular formula is C39H44N2O6. The molecule has 8 nitrogen and oxygen atoms in total. The van der Waals surface area contributed by atoms with E-state index in [0.29, 0.717) is 41.7 Å². The highest BCUT2D eigenvalue weighted by molar-refractivity contribution is 5.88. The number of dihydropyridines is 1. The van der Waals surface area contributed by atoms with Crippen molar-refractivity contribution in [2.75, 3.05) is 6.61 Å². The Morgan fingerprint density at radius 2 is 1.91 bits per heavy atom. The highest BCUT2D eigenvalue weighted by Gasteiger charge is 2.64. The molecule has 3 aromatic rings. The molecule has 2 aromatic carbocycles. The molecule has 1 aromatic heterocycles. The summed E-state index contributed by atoms with van der Waals surface area (Å²) in [6.45, 7) is 5.59. The molecule has 246 valence electrons. The Balaban J connectivity index is 1.40. The Kier molecular flexibility index (Phi) is 7.92. The van der Waals surface area contributed by atoms with Crippen molar-refractivity contribution < 1.29 is 23.8 Å². The zero-order chi connectivity index (χ0) is 33.0. The zero-order valence-corrected chi connectivity index (χ0v) is 27.4. The quantitative estimate of drug-likeness (QED) is 0.171. The minimum Gasteiger partial charge on any atom is -0.481 e. The molecule has 4 atom stereocenters. The average molecular weight is 637 g/mol. The number of aliphatic hydroxyl groups is 1. The third kappa shape index (κ3) is 5.13. The number of allylic oxidation sites excluding steroid dienone is 2. The molecular weight excluding hydrogens is 592 g/mol. The van der Waals surface area contributed by atoms with Gasteiger partial charge in [-0.3, -0.25) is 0 Å². The number of nitrogens with two attached hydrogens (primary N) is 1. The van der Waals surface area contributed by atoms with Crippen molar-refractivity contribution >= 4 is 16.9 Å². The monoisotopic (exact) mass is 636 g/mol. The maximum atomic E-state index is 13.6. The number of esters is 1. The number of hydrogen-bond donors (Lipinski definition) is 3. The largest absolute Gasteiger partial charge is 0.481 e. The van der Waals surface area contributed by atoms with E-state index in [1.807, 2.05) is 56.5 Å². The van der Waals surface area contributed by atoms with Gasteiger partial charge in [0.25, 0.3) is 0 Å². The van der Waals surface area contributed by atoms with Crippen molar-refractivity contribution in [2.24, 2.45) is 5.73 Å². The summed E-state index contributed by atoms with van der Waals surface area (Å²) < 4.78 is 19.7. The fourth-order valence-corrected chi connectivity index (χ4v) is 8.58. The first-order chi connectivity index (χ1) is 22.6. The molecule has 8 heteroatoms. The fraction of sp³-hybridized carbons (Fsp3) is 0.436. The van der Waals surface area contributed by atoms with E-state index in [1.54, 1.807) is 13.0 Å². The Morgan fingerprint density at radius 1 is 1.13 bits per heavy atom. The number of carbonyl (C=O) groups excluding carboxylic acids is 1. The van der Waals surface area contributed by atoms with Crippen molar-refractivity contribution in [3.05, 3.63) is 111 Å². The summed E-state index contributed by atoms with van der Waals surface area (Å²) in [6.07, 6.45) is 13.7. The first kappa shape index (κ1) is 31.5. The van der Waals surface area contributed by atoms with Crippen molar-refractivity contribution in [1.29, 1.82) is 0 Å². The predicted octanol–water partition coefficient (Wildman–Crippen LogP) is 5.99. The van der Waals surface area contributed by atoms with Crippen LogP contribution in [0.15, 0.2) is 87.3 Å². The van der Waals surface area contributed by atoms with Crippen molar-refractivity contribution in [1.82, 2.24) is 5.32 Å². The second kappa shape index (κ2) is 11.8. The minimum absolute atomic E-state index is 0.0228. The average Bonchev–Trinajstić information content (AvgIpc) is 3.44. The van der Waals surface area contributed by atoms with Gasteiger partial charge in [-0.1, -0.05) is 55.7 Å². The van der Waals surface area contributed by atoms with Gasteiger partial charge >= 0.3 is 11.6 Å². The van der Waals surface area contributed by atoms with Crippen LogP contribution in [0.25, 0.3) is 11.0 Å². The van der Waals surface area contributed by atoms with Gasteiger partial charge in [0, 0.05) is 53.7 Å². The van der Waals surface area contributed by atoms with E-state index < -0.39 is 11.2 Å². The lowest BCUT2D eigenvalue weighted by Crippen LogP contribution is -2.65. The van der Waals surface area contributed by atoms with E-state index in [9.17, 15) is 14.7 Å². The van der Waals surface area contributed by atoms with Gasteiger partial charge in [-0.15, -0.1) is 0 Å².